The number of benzene rings is 1. The molecule has 1 unspecified atom stereocenters. The zero-order valence-electron chi connectivity index (χ0n) is 24.8. The molecule has 0 saturated heterocycles. The molecule has 0 fully saturated rings. The van der Waals surface area contributed by atoms with E-state index in [1.165, 1.54) is 0 Å². The summed E-state index contributed by atoms with van der Waals surface area (Å²) in [5.74, 6) is -0.551. The van der Waals surface area contributed by atoms with Crippen LogP contribution in [0.4, 0.5) is 0 Å². The van der Waals surface area contributed by atoms with Gasteiger partial charge in [0.2, 0.25) is 11.8 Å². The minimum absolute atomic E-state index is 0.0602. The lowest BCUT2D eigenvalue weighted by Gasteiger charge is -2.35. The summed E-state index contributed by atoms with van der Waals surface area (Å²) in [4.78, 5) is 39.7. The lowest BCUT2D eigenvalue weighted by Crippen LogP contribution is -2.49. The third kappa shape index (κ3) is 10.1. The zero-order chi connectivity index (χ0) is 31.5. The molecule has 0 heterocycles. The lowest BCUT2D eigenvalue weighted by atomic mass is 9.91. The molecule has 3 atom stereocenters. The number of nitrogens with one attached hydrogen (secondary N) is 2. The van der Waals surface area contributed by atoms with Gasteiger partial charge in [0, 0.05) is 44.1 Å². The smallest absolute Gasteiger partial charge is 0.262 e. The molecule has 0 aliphatic heterocycles. The molecule has 3 amide bonds. The Hall–Kier alpha value is -2.34. The molecular weight excluding hydrogens is 598 g/mol. The van der Waals surface area contributed by atoms with Crippen molar-refractivity contribution >= 4 is 57.5 Å². The molecule has 0 aromatic heterocycles. The maximum absolute atomic E-state index is 13.6. The number of carbonyl (C=O) groups excluding carboxylic acids is 3. The van der Waals surface area contributed by atoms with Gasteiger partial charge in [-0.3, -0.25) is 14.4 Å². The summed E-state index contributed by atoms with van der Waals surface area (Å²) in [6, 6.07) is 8.62. The Bertz CT molecular complexity index is 1250. The SMILES string of the molecule is CCCCC(=O)N(CCC(=O)N[C@@H](CS)CC(C)C)CC1=CC=C(c2ccccc2)C(Cl)(S(=O)(=O)NC(=O)[C@H](C)O)C1. The molecule has 1 aromatic carbocycles. The first kappa shape index (κ1) is 35.9. The van der Waals surface area contributed by atoms with Crippen LogP contribution in [0.5, 0.6) is 0 Å². The zero-order valence-corrected chi connectivity index (χ0v) is 27.3. The third-order valence-corrected chi connectivity index (χ3v) is 9.98. The second-order valence-corrected chi connectivity index (χ2v) is 14.2. The number of carbonyl (C=O) groups is 3. The highest BCUT2D eigenvalue weighted by molar-refractivity contribution is 7.93. The number of aliphatic hydroxyl groups is 1. The molecule has 2 rings (SSSR count). The molecule has 1 aromatic rings. The van der Waals surface area contributed by atoms with Crippen molar-refractivity contribution in [1.82, 2.24) is 14.9 Å². The number of hydrogen-bond acceptors (Lipinski definition) is 7. The van der Waals surface area contributed by atoms with Crippen LogP contribution in [0.25, 0.3) is 5.57 Å². The number of aliphatic hydroxyl groups excluding tert-OH is 1. The Labute approximate surface area is 260 Å². The molecule has 0 spiro atoms. The van der Waals surface area contributed by atoms with Crippen LogP contribution in [-0.2, 0) is 24.4 Å². The Morgan fingerprint density at radius 3 is 2.36 bits per heavy atom. The standard InChI is InChI=1S/C30H44ClN3O6S2/c1-5-6-12-28(37)34(16-15-27(36)32-25(20-41)17-21(2)3)19-23-13-14-26(24-10-8-7-9-11-24)30(31,18-23)42(39,40)33-29(38)22(4)35/h7-11,13-14,21-22,25,35,41H,5-6,12,15-20H2,1-4H3,(H,32,36)(H,33,38)/t22-,25+,30?/m0/s1. The maximum atomic E-state index is 13.6. The monoisotopic (exact) mass is 641 g/mol. The number of allylic oxidation sites excluding steroid dienone is 2. The number of halogens is 1. The van der Waals surface area contributed by atoms with E-state index < -0.39 is 26.2 Å². The molecule has 0 saturated carbocycles. The number of alkyl halides is 1. The summed E-state index contributed by atoms with van der Waals surface area (Å²) in [7, 11) is -4.56. The predicted molar refractivity (Wildman–Crippen MR) is 170 cm³/mol. The van der Waals surface area contributed by atoms with Crippen LogP contribution < -0.4 is 10.0 Å². The molecule has 1 aliphatic carbocycles. The van der Waals surface area contributed by atoms with Gasteiger partial charge in [-0.05, 0) is 42.4 Å². The van der Waals surface area contributed by atoms with E-state index in [-0.39, 0.29) is 55.8 Å². The summed E-state index contributed by atoms with van der Waals surface area (Å²) in [6.07, 6.45) is 4.17. The first-order valence-corrected chi connectivity index (χ1v) is 16.8. The largest absolute Gasteiger partial charge is 0.384 e. The number of nitrogens with zero attached hydrogens (tertiary/aromatic N) is 1. The van der Waals surface area contributed by atoms with Gasteiger partial charge in [0.15, 0.2) is 4.21 Å². The molecule has 0 radical (unpaired) electrons. The average molecular weight is 642 g/mol. The molecule has 42 heavy (non-hydrogen) atoms. The van der Waals surface area contributed by atoms with Gasteiger partial charge in [0.1, 0.15) is 6.10 Å². The van der Waals surface area contributed by atoms with Crippen molar-refractivity contribution in [2.45, 2.75) is 82.6 Å². The number of sulfonamides is 1. The van der Waals surface area contributed by atoms with Crippen molar-refractivity contribution in [3.8, 4) is 0 Å². The van der Waals surface area contributed by atoms with E-state index >= 15 is 0 Å². The van der Waals surface area contributed by atoms with Gasteiger partial charge in [-0.2, -0.15) is 12.6 Å². The number of amides is 3. The Kier molecular flexibility index (Phi) is 14.1. The number of hydrogen-bond donors (Lipinski definition) is 4. The van der Waals surface area contributed by atoms with Crippen molar-refractivity contribution < 1.29 is 27.9 Å². The normalized spacial score (nSPS) is 18.5. The summed E-state index contributed by atoms with van der Waals surface area (Å²) >= 11 is 11.3. The van der Waals surface area contributed by atoms with E-state index in [9.17, 15) is 27.9 Å². The van der Waals surface area contributed by atoms with Crippen LogP contribution in [-0.4, -0.2) is 71.3 Å². The third-order valence-electron chi connectivity index (χ3n) is 6.91. The van der Waals surface area contributed by atoms with Gasteiger partial charge in [-0.15, -0.1) is 0 Å². The van der Waals surface area contributed by atoms with Crippen molar-refractivity contribution in [2.75, 3.05) is 18.8 Å². The molecule has 0 bridgehead atoms. The van der Waals surface area contributed by atoms with Crippen LogP contribution in [0.2, 0.25) is 0 Å². The number of thiol groups is 1. The van der Waals surface area contributed by atoms with Crippen LogP contribution in [0, 0.1) is 5.92 Å². The second-order valence-electron chi connectivity index (χ2n) is 11.1. The van der Waals surface area contributed by atoms with Crippen LogP contribution >= 0.6 is 24.2 Å². The van der Waals surface area contributed by atoms with Gasteiger partial charge < -0.3 is 15.3 Å². The van der Waals surface area contributed by atoms with E-state index in [1.807, 2.05) is 11.6 Å². The Morgan fingerprint density at radius 1 is 1.12 bits per heavy atom. The van der Waals surface area contributed by atoms with E-state index in [1.54, 1.807) is 47.4 Å². The van der Waals surface area contributed by atoms with Gasteiger partial charge in [0.05, 0.1) is 0 Å². The Balaban J connectivity index is 2.36. The highest BCUT2D eigenvalue weighted by atomic mass is 35.5. The number of rotatable bonds is 16. The summed E-state index contributed by atoms with van der Waals surface area (Å²) in [5.41, 5.74) is 1.34. The molecular formula is C30H44ClN3O6S2. The molecule has 3 N–H and O–H groups in total. The molecule has 1 aliphatic rings. The molecule has 12 heteroatoms. The quantitative estimate of drug-likeness (QED) is 0.159. The lowest BCUT2D eigenvalue weighted by molar-refractivity contribution is -0.131. The number of unbranched alkanes of at least 4 members (excludes halogenated alkanes) is 1. The highest BCUT2D eigenvalue weighted by Gasteiger charge is 2.49. The first-order chi connectivity index (χ1) is 19.7. The van der Waals surface area contributed by atoms with Crippen molar-refractivity contribution in [3.63, 3.8) is 0 Å². The first-order valence-electron chi connectivity index (χ1n) is 14.3. The van der Waals surface area contributed by atoms with Gasteiger partial charge in [-0.25, -0.2) is 13.1 Å². The van der Waals surface area contributed by atoms with Crippen LogP contribution in [0.3, 0.4) is 0 Å². The van der Waals surface area contributed by atoms with Crippen molar-refractivity contribution in [3.05, 3.63) is 53.6 Å². The van der Waals surface area contributed by atoms with Crippen molar-refractivity contribution in [1.29, 1.82) is 0 Å². The second kappa shape index (κ2) is 16.5. The van der Waals surface area contributed by atoms with Crippen molar-refractivity contribution in [2.24, 2.45) is 5.92 Å². The summed E-state index contributed by atoms with van der Waals surface area (Å²) in [5, 5.41) is 12.6. The van der Waals surface area contributed by atoms with Gasteiger partial charge in [0.25, 0.3) is 15.9 Å². The maximum Gasteiger partial charge on any atom is 0.262 e. The fourth-order valence-electron chi connectivity index (χ4n) is 4.66. The fraction of sp³-hybridized carbons (Fsp3) is 0.567. The van der Waals surface area contributed by atoms with E-state index in [2.05, 4.69) is 31.8 Å². The minimum atomic E-state index is -4.56. The molecule has 234 valence electrons. The summed E-state index contributed by atoms with van der Waals surface area (Å²) in [6.45, 7) is 7.47. The van der Waals surface area contributed by atoms with E-state index in [0.29, 0.717) is 29.2 Å². The van der Waals surface area contributed by atoms with Crippen LogP contribution in [0.1, 0.15) is 71.8 Å². The highest BCUT2D eigenvalue weighted by Crippen LogP contribution is 2.45. The van der Waals surface area contributed by atoms with E-state index in [0.717, 1.165) is 19.8 Å². The Morgan fingerprint density at radius 2 is 1.79 bits per heavy atom. The van der Waals surface area contributed by atoms with Gasteiger partial charge >= 0.3 is 0 Å². The molecule has 9 nitrogen and oxygen atoms in total. The summed E-state index contributed by atoms with van der Waals surface area (Å²) < 4.78 is 26.9. The van der Waals surface area contributed by atoms with Crippen LogP contribution in [0.15, 0.2) is 48.1 Å². The minimum Gasteiger partial charge on any atom is -0.384 e. The topological polar surface area (TPSA) is 133 Å². The van der Waals surface area contributed by atoms with E-state index in [4.69, 9.17) is 11.6 Å². The van der Waals surface area contributed by atoms with Gasteiger partial charge in [-0.1, -0.05) is 81.3 Å². The average Bonchev–Trinajstić information content (AvgIpc) is 2.93. The predicted octanol–water partition coefficient (Wildman–Crippen LogP) is 4.03. The fourth-order valence-corrected chi connectivity index (χ4v) is 6.80.